The van der Waals surface area contributed by atoms with Crippen molar-refractivity contribution in [3.63, 3.8) is 0 Å². The first-order chi connectivity index (χ1) is 0. The molecule has 0 fully saturated rings. The Morgan fingerprint density at radius 1 is 0.400 bits per heavy atom. The molecular weight excluding hydrogens is 601 g/mol. The summed E-state index contributed by atoms with van der Waals surface area (Å²) >= 11 is 0. The van der Waals surface area contributed by atoms with E-state index in [0.717, 1.165) is 0 Å². The summed E-state index contributed by atoms with van der Waals surface area (Å²) in [5.41, 5.74) is 0. The van der Waals surface area contributed by atoms with Gasteiger partial charge in [-0.25, -0.2) is 0 Å². The smallest absolute Gasteiger partial charge is 0 e. The van der Waals surface area contributed by atoms with Gasteiger partial charge < -0.3 is 95.9 Å². The van der Waals surface area contributed by atoms with Gasteiger partial charge in [-0.3, -0.25) is 0 Å². The third kappa shape index (κ3) is 18.3. The Morgan fingerprint density at radius 3 is 0.400 bits per heavy atom. The second-order valence-electron chi connectivity index (χ2n) is 0. The summed E-state index contributed by atoms with van der Waals surface area (Å²) in [5, 5.41) is 0. The van der Waals surface area contributed by atoms with Crippen LogP contribution in [0.2, 0.25) is 0 Å². The molecule has 1 radical (unpaired) electrons. The fourth-order valence-electron chi connectivity index (χ4n) is 0. The van der Waals surface area contributed by atoms with Gasteiger partial charge in [0.2, 0.25) is 0 Å². The summed E-state index contributed by atoms with van der Waals surface area (Å²) in [5.74, 6) is 0. The molecule has 0 bridgehead atoms. The van der Waals surface area contributed by atoms with Gasteiger partial charge in [0.15, 0.2) is 0 Å². The van der Waals surface area contributed by atoms with Crippen LogP contribution in [0.3, 0.4) is 0 Å². The van der Waals surface area contributed by atoms with E-state index in [4.69, 9.17) is 0 Å². The van der Waals surface area contributed by atoms with Gasteiger partial charge in [0.05, 0.1) is 0 Å². The van der Waals surface area contributed by atoms with E-state index < -0.39 is 0 Å². The Bertz CT molecular complexity index is 3.61. The van der Waals surface area contributed by atoms with Crippen LogP contribution in [-0.2, 0) is 22.4 Å². The Kier molecular flexibility index (Phi) is 192. The molecule has 37 valence electrons. The molecule has 0 N–H and O–H groups in total. The first-order valence-electron chi connectivity index (χ1n) is 0. The van der Waals surface area contributed by atoms with Crippen molar-refractivity contribution in [2.24, 2.45) is 0 Å². The molecule has 0 aliphatic heterocycles. The van der Waals surface area contributed by atoms with Crippen LogP contribution in [0.25, 0.3) is 0 Å². The molecule has 0 aromatic carbocycles. The van der Waals surface area contributed by atoms with Crippen LogP contribution >= 0.6 is 0 Å². The Labute approximate surface area is 116 Å². The summed E-state index contributed by atoms with van der Waals surface area (Å²) in [6, 6.07) is 0. The molecule has 0 rings (SSSR count). The maximum absolute atomic E-state index is 0. The second kappa shape index (κ2) is 25.4. The molecule has 0 aliphatic rings. The third-order valence-electron chi connectivity index (χ3n) is 0. The van der Waals surface area contributed by atoms with Crippen molar-refractivity contribution >= 4 is 0 Å². The van der Waals surface area contributed by atoms with Crippen molar-refractivity contribution in [1.82, 2.24) is 0 Å². The number of rotatable bonds is 0. The van der Waals surface area contributed by atoms with Crippen LogP contribution in [-0.4, -0.2) is 0 Å². The maximum atomic E-state index is 0. The molecule has 0 aromatic rings. The van der Waals surface area contributed by atoms with Crippen molar-refractivity contribution in [2.45, 2.75) is 0 Å². The first-order valence-corrected chi connectivity index (χ1v) is 0. The summed E-state index contributed by atoms with van der Waals surface area (Å²) in [6.07, 6.45) is 0. The van der Waals surface area contributed by atoms with Gasteiger partial charge in [0, 0.05) is 22.4 Å². The first kappa shape index (κ1) is 37.9. The number of hydrogen-bond acceptors (Lipinski definition) is 0. The van der Waals surface area contributed by atoms with Crippen molar-refractivity contribution < 1.29 is 118 Å². The van der Waals surface area contributed by atoms with Crippen molar-refractivity contribution in [2.75, 3.05) is 0 Å². The van der Waals surface area contributed by atoms with E-state index in [1.165, 1.54) is 0 Å². The molecule has 0 saturated carbocycles. The van der Waals surface area contributed by atoms with Crippen LogP contribution < -0.4 is 95.9 Å². The summed E-state index contributed by atoms with van der Waals surface area (Å²) in [4.78, 5) is 0. The average Bonchev–Trinajstić information content (AvgIpc) is 0. The topological polar surface area (TPSA) is 0 Å². The predicted octanol–water partition coefficient (Wildman–Crippen LogP) is -12.0. The minimum atomic E-state index is 0. The molecule has 0 spiro atoms. The summed E-state index contributed by atoms with van der Waals surface area (Å²) in [7, 11) is 0. The van der Waals surface area contributed by atoms with E-state index in [2.05, 4.69) is 0 Å². The van der Waals surface area contributed by atoms with Gasteiger partial charge in [-0.15, -0.1) is 0 Å². The normalized spacial score (nSPS) is 0. The van der Waals surface area contributed by atoms with E-state index in [9.17, 15) is 0 Å². The predicted molar refractivity (Wildman–Crippen MR) is 0 cm³/mol. The van der Waals surface area contributed by atoms with Gasteiger partial charge >= 0.3 is 0 Å². The molecule has 5 heteroatoms. The molecule has 0 saturated heterocycles. The van der Waals surface area contributed by atoms with Gasteiger partial charge in [0.1, 0.15) is 0 Å². The zero-order valence-electron chi connectivity index (χ0n) is 1.96. The van der Waals surface area contributed by atoms with E-state index in [0.29, 0.717) is 0 Å². The molecule has 0 heterocycles. The zero-order chi connectivity index (χ0) is 0. The van der Waals surface area contributed by atoms with Crippen molar-refractivity contribution in [3.8, 4) is 0 Å². The minimum absolute atomic E-state index is 0. The zero-order valence-corrected chi connectivity index (χ0v) is 12.8. The average molecular weight is 601 g/mol. The molecule has 0 unspecified atom stereocenters. The van der Waals surface area contributed by atoms with Gasteiger partial charge in [-0.1, -0.05) is 0 Å². The molecule has 0 aromatic heterocycles. The molecule has 0 aliphatic carbocycles. The molecule has 0 nitrogen and oxygen atoms in total. The van der Waals surface area contributed by atoms with Gasteiger partial charge in [-0.2, -0.15) is 0 Å². The van der Waals surface area contributed by atoms with Crippen LogP contribution in [0.4, 0.5) is 0 Å². The second-order valence-corrected chi connectivity index (χ2v) is 0. The number of halogens is 4. The largest absolute Gasteiger partial charge is 1.00 e. The van der Waals surface area contributed by atoms with Crippen LogP contribution in [0, 0.1) is 0 Å². The summed E-state index contributed by atoms with van der Waals surface area (Å²) < 4.78 is 0. The monoisotopic (exact) mass is 601 g/mol. The Hall–Kier alpha value is 3.66. The quantitative estimate of drug-likeness (QED) is 0.192. The minimum Gasteiger partial charge on any atom is -1.00 e. The fraction of sp³-hybridized carbons (Fsp3) is 0. The van der Waals surface area contributed by atoms with Crippen LogP contribution in [0.15, 0.2) is 0 Å². The van der Waals surface area contributed by atoms with Gasteiger partial charge in [-0.05, 0) is 0 Å². The van der Waals surface area contributed by atoms with E-state index in [-0.39, 0.29) is 118 Å². The maximum Gasteiger partial charge on any atom is 0 e. The SMILES string of the molecule is [I-].[I-].[I-].[I-].[Nb]. The Morgan fingerprint density at radius 2 is 0.400 bits per heavy atom. The van der Waals surface area contributed by atoms with Crippen molar-refractivity contribution in [1.29, 1.82) is 0 Å². The standard InChI is InChI=1S/4HI.Nb/h4*1H;/p-4. The van der Waals surface area contributed by atoms with E-state index >= 15 is 0 Å². The molecular formula is I4Nb-4. The van der Waals surface area contributed by atoms with Crippen molar-refractivity contribution in [3.05, 3.63) is 0 Å². The fourth-order valence-corrected chi connectivity index (χ4v) is 0. The van der Waals surface area contributed by atoms with Crippen LogP contribution in [0.1, 0.15) is 0 Å². The van der Waals surface area contributed by atoms with Crippen LogP contribution in [0.5, 0.6) is 0 Å². The molecule has 0 amide bonds. The van der Waals surface area contributed by atoms with E-state index in [1.807, 2.05) is 0 Å². The molecule has 0 atom stereocenters. The van der Waals surface area contributed by atoms with Gasteiger partial charge in [0.25, 0.3) is 0 Å². The molecule has 5 heavy (non-hydrogen) atoms. The third-order valence-corrected chi connectivity index (χ3v) is 0. The van der Waals surface area contributed by atoms with E-state index in [1.54, 1.807) is 0 Å². The number of hydrogen-bond donors (Lipinski definition) is 0. The summed E-state index contributed by atoms with van der Waals surface area (Å²) in [6.45, 7) is 0. The Balaban J connectivity index is 0.